The Balaban J connectivity index is 1.72. The molecule has 2 aromatic heterocycles. The summed E-state index contributed by atoms with van der Waals surface area (Å²) in [5.41, 5.74) is 4.16. The molecule has 0 spiro atoms. The molecule has 116 valence electrons. The lowest BCUT2D eigenvalue weighted by atomic mass is 10.2. The van der Waals surface area contributed by atoms with Crippen LogP contribution in [0, 0.1) is 0 Å². The zero-order valence-electron chi connectivity index (χ0n) is 12.2. The Morgan fingerprint density at radius 3 is 2.87 bits per heavy atom. The molecule has 4 aromatic rings. The van der Waals surface area contributed by atoms with Crippen molar-refractivity contribution in [2.75, 3.05) is 6.26 Å². The van der Waals surface area contributed by atoms with Gasteiger partial charge in [0.2, 0.25) is 0 Å². The van der Waals surface area contributed by atoms with Crippen LogP contribution in [0.25, 0.3) is 21.3 Å². The van der Waals surface area contributed by atoms with Gasteiger partial charge in [-0.3, -0.25) is 0 Å². The van der Waals surface area contributed by atoms with Crippen LogP contribution in [0.1, 0.15) is 5.56 Å². The highest BCUT2D eigenvalue weighted by Gasteiger charge is 2.12. The van der Waals surface area contributed by atoms with Gasteiger partial charge >= 0.3 is 4.34 Å². The van der Waals surface area contributed by atoms with E-state index in [-0.39, 0.29) is 0 Å². The molecule has 1 unspecified atom stereocenters. The molecule has 2 heterocycles. The van der Waals surface area contributed by atoms with E-state index in [0.717, 1.165) is 32.3 Å². The molecule has 0 radical (unpaired) electrons. The van der Waals surface area contributed by atoms with Crippen molar-refractivity contribution < 1.29 is 4.55 Å². The molecule has 0 N–H and O–H groups in total. The molecule has 0 aliphatic rings. The maximum absolute atomic E-state index is 11.6. The van der Waals surface area contributed by atoms with Gasteiger partial charge in [0.1, 0.15) is 6.26 Å². The van der Waals surface area contributed by atoms with E-state index in [1.165, 1.54) is 16.9 Å². The van der Waals surface area contributed by atoms with Crippen molar-refractivity contribution in [2.45, 2.75) is 10.9 Å². The molecule has 0 saturated heterocycles. The first-order chi connectivity index (χ1) is 11.1. The third kappa shape index (κ3) is 2.89. The predicted octanol–water partition coefficient (Wildman–Crippen LogP) is 4.19. The zero-order valence-corrected chi connectivity index (χ0v) is 15.4. The van der Waals surface area contributed by atoms with Gasteiger partial charge < -0.3 is 9.12 Å². The number of benzene rings is 2. The summed E-state index contributed by atoms with van der Waals surface area (Å²) in [6, 6.07) is 12.3. The number of rotatable bonds is 3. The summed E-state index contributed by atoms with van der Waals surface area (Å²) in [7, 11) is 0. The Hall–Kier alpha value is -1.41. The lowest BCUT2D eigenvalue weighted by Gasteiger charge is -2.05. The van der Waals surface area contributed by atoms with Gasteiger partial charge in [-0.25, -0.2) is 4.98 Å². The quantitative estimate of drug-likeness (QED) is 0.480. The van der Waals surface area contributed by atoms with Gasteiger partial charge in [0.25, 0.3) is 0 Å². The molecule has 1 atom stereocenters. The summed E-state index contributed by atoms with van der Waals surface area (Å²) in [5.74, 6) is 0. The van der Waals surface area contributed by atoms with Crippen LogP contribution in [0.5, 0.6) is 0 Å². The van der Waals surface area contributed by atoms with Crippen molar-refractivity contribution in [3.63, 3.8) is 0 Å². The summed E-state index contributed by atoms with van der Waals surface area (Å²) >= 11 is 3.97. The van der Waals surface area contributed by atoms with Crippen LogP contribution >= 0.6 is 27.3 Å². The van der Waals surface area contributed by atoms with Crippen LogP contribution in [0.3, 0.4) is 0 Å². The second-order valence-corrected chi connectivity index (χ2v) is 8.74. The summed E-state index contributed by atoms with van der Waals surface area (Å²) in [4.78, 5) is 8.84. The third-order valence-corrected chi connectivity index (χ3v) is 6.46. The predicted molar refractivity (Wildman–Crippen MR) is 98.5 cm³/mol. The fourth-order valence-electron chi connectivity index (χ4n) is 2.52. The number of hydrogen-bond acceptors (Lipinski definition) is 4. The minimum atomic E-state index is -1.03. The molecular weight excluding hydrogens is 394 g/mol. The highest BCUT2D eigenvalue weighted by molar-refractivity contribution is 9.10. The molecule has 0 amide bonds. The van der Waals surface area contributed by atoms with Crippen LogP contribution in [0.4, 0.5) is 0 Å². The van der Waals surface area contributed by atoms with Gasteiger partial charge in [0.05, 0.1) is 27.6 Å². The Morgan fingerprint density at radius 1 is 1.22 bits per heavy atom. The summed E-state index contributed by atoms with van der Waals surface area (Å²) in [5, 5.41) is 0. The van der Waals surface area contributed by atoms with Crippen LogP contribution in [0.15, 0.2) is 51.5 Å². The number of hydrogen-bond donors (Lipinski definition) is 0. The first-order valence-electron chi connectivity index (χ1n) is 6.93. The van der Waals surface area contributed by atoms with Crippen LogP contribution in [0.2, 0.25) is 0 Å². The zero-order chi connectivity index (χ0) is 16.0. The van der Waals surface area contributed by atoms with Crippen molar-refractivity contribution in [1.29, 1.82) is 0 Å². The molecule has 0 fully saturated rings. The Kier molecular flexibility index (Phi) is 3.88. The molecule has 0 saturated carbocycles. The average molecular weight is 406 g/mol. The molecule has 4 rings (SSSR count). The smallest absolute Gasteiger partial charge is 0.302 e. The SMILES string of the molecule is C[S+]([O-])c1nc2ccc(Cn3cnc4ccc(Br)cc43)cc2s1. The van der Waals surface area contributed by atoms with Gasteiger partial charge in [0.15, 0.2) is 0 Å². The minimum absolute atomic E-state index is 0.675. The standard InChI is InChI=1S/C16H12BrN3OS2/c1-23(21)16-19-13-4-2-10(6-15(13)22-16)8-20-9-18-12-5-3-11(17)7-14(12)20/h2-7,9H,8H2,1H3. The highest BCUT2D eigenvalue weighted by Crippen LogP contribution is 2.27. The van der Waals surface area contributed by atoms with E-state index in [9.17, 15) is 4.55 Å². The van der Waals surface area contributed by atoms with E-state index in [4.69, 9.17) is 0 Å². The number of imidazole rings is 1. The van der Waals surface area contributed by atoms with E-state index in [1.54, 1.807) is 6.26 Å². The second-order valence-electron chi connectivity index (χ2n) is 5.24. The fourth-order valence-corrected chi connectivity index (χ4v) is 4.60. The first-order valence-corrected chi connectivity index (χ1v) is 10.1. The molecule has 0 bridgehead atoms. The lowest BCUT2D eigenvalue weighted by Crippen LogP contribution is -1.97. The second kappa shape index (κ2) is 5.90. The van der Waals surface area contributed by atoms with E-state index in [1.807, 2.05) is 24.5 Å². The lowest BCUT2D eigenvalue weighted by molar-refractivity contribution is 0.600. The van der Waals surface area contributed by atoms with Crippen molar-refractivity contribution in [3.8, 4) is 0 Å². The van der Waals surface area contributed by atoms with Crippen LogP contribution < -0.4 is 0 Å². The molecular formula is C16H12BrN3OS2. The van der Waals surface area contributed by atoms with Gasteiger partial charge in [0, 0.05) is 22.2 Å². The number of fused-ring (bicyclic) bond motifs is 2. The number of aromatic nitrogens is 3. The van der Waals surface area contributed by atoms with Crippen molar-refractivity contribution in [3.05, 3.63) is 52.8 Å². The summed E-state index contributed by atoms with van der Waals surface area (Å²) in [6.07, 6.45) is 3.52. The molecule has 0 aliphatic heterocycles. The van der Waals surface area contributed by atoms with Crippen LogP contribution in [-0.2, 0) is 17.7 Å². The topological polar surface area (TPSA) is 53.8 Å². The molecule has 2 aromatic carbocycles. The third-order valence-electron chi connectivity index (χ3n) is 3.62. The first kappa shape index (κ1) is 15.1. The average Bonchev–Trinajstić information content (AvgIpc) is 3.11. The number of thiazole rings is 1. The monoisotopic (exact) mass is 405 g/mol. The Morgan fingerprint density at radius 2 is 2.04 bits per heavy atom. The van der Waals surface area contributed by atoms with Crippen molar-refractivity contribution >= 4 is 59.7 Å². The normalized spacial score (nSPS) is 13.0. The van der Waals surface area contributed by atoms with E-state index in [0.29, 0.717) is 4.34 Å². The van der Waals surface area contributed by atoms with Crippen molar-refractivity contribution in [1.82, 2.24) is 14.5 Å². The highest BCUT2D eigenvalue weighted by atomic mass is 79.9. The van der Waals surface area contributed by atoms with Gasteiger partial charge in [-0.15, -0.1) is 0 Å². The van der Waals surface area contributed by atoms with Crippen molar-refractivity contribution in [2.24, 2.45) is 0 Å². The molecule has 0 aliphatic carbocycles. The van der Waals surface area contributed by atoms with Gasteiger partial charge in [-0.05, 0) is 35.9 Å². The molecule has 7 heteroatoms. The number of halogens is 1. The van der Waals surface area contributed by atoms with E-state index in [2.05, 4.69) is 48.7 Å². The maximum Gasteiger partial charge on any atom is 0.302 e. The van der Waals surface area contributed by atoms with E-state index < -0.39 is 11.2 Å². The minimum Gasteiger partial charge on any atom is -0.610 e. The largest absolute Gasteiger partial charge is 0.610 e. The molecule has 23 heavy (non-hydrogen) atoms. The molecule has 4 nitrogen and oxygen atoms in total. The maximum atomic E-state index is 11.6. The Bertz CT molecular complexity index is 1010. The fraction of sp³-hybridized carbons (Fsp3) is 0.125. The van der Waals surface area contributed by atoms with Gasteiger partial charge in [-0.2, -0.15) is 4.98 Å². The summed E-state index contributed by atoms with van der Waals surface area (Å²) < 4.78 is 16.5. The van der Waals surface area contributed by atoms with Crippen LogP contribution in [-0.4, -0.2) is 25.3 Å². The van der Waals surface area contributed by atoms with Gasteiger partial charge in [-0.1, -0.05) is 33.3 Å². The Labute approximate surface area is 148 Å². The number of nitrogens with zero attached hydrogens (tertiary/aromatic N) is 3. The summed E-state index contributed by atoms with van der Waals surface area (Å²) in [6.45, 7) is 0.741. The van der Waals surface area contributed by atoms with E-state index >= 15 is 0 Å².